The van der Waals surface area contributed by atoms with Crippen LogP contribution in [0.1, 0.15) is 21.5 Å². The fourth-order valence-electron chi connectivity index (χ4n) is 3.17. The van der Waals surface area contributed by atoms with Crippen LogP contribution in [0.5, 0.6) is 5.75 Å². The van der Waals surface area contributed by atoms with Gasteiger partial charge < -0.3 is 5.11 Å². The molecular weight excluding hydrogens is 431 g/mol. The fourth-order valence-corrected chi connectivity index (χ4v) is 3.46. The molecule has 0 bridgehead atoms. The maximum absolute atomic E-state index is 12.7. The summed E-state index contributed by atoms with van der Waals surface area (Å²) in [5, 5.41) is 15.9. The Balaban J connectivity index is 1.74. The lowest BCUT2D eigenvalue weighted by atomic mass is 10.0. The second-order valence-electron chi connectivity index (χ2n) is 7.04. The van der Waals surface area contributed by atoms with Crippen LogP contribution in [-0.4, -0.2) is 20.7 Å². The zero-order valence-corrected chi connectivity index (χ0v) is 18.1. The van der Waals surface area contributed by atoms with E-state index in [9.17, 15) is 9.90 Å². The van der Waals surface area contributed by atoms with E-state index >= 15 is 0 Å². The van der Waals surface area contributed by atoms with Crippen molar-refractivity contribution in [1.82, 2.24) is 9.78 Å². The number of nitrogens with zero attached hydrogens (tertiary/aromatic N) is 2. The van der Waals surface area contributed by atoms with E-state index in [4.69, 9.17) is 28.3 Å². The largest absolute Gasteiger partial charge is 0.507 e. The molecule has 4 nitrogen and oxygen atoms in total. The molecule has 0 aliphatic rings. The Morgan fingerprint density at radius 1 is 1.03 bits per heavy atom. The van der Waals surface area contributed by atoms with Crippen LogP contribution in [-0.2, 0) is 0 Å². The van der Waals surface area contributed by atoms with Crippen molar-refractivity contribution in [3.63, 3.8) is 0 Å². The first-order valence-corrected chi connectivity index (χ1v) is 10.3. The minimum Gasteiger partial charge on any atom is -0.507 e. The first kappa shape index (κ1) is 20.9. The van der Waals surface area contributed by atoms with Crippen LogP contribution in [0.25, 0.3) is 23.0 Å². The van der Waals surface area contributed by atoms with Crippen molar-refractivity contribution in [2.45, 2.75) is 6.92 Å². The number of aryl methyl sites for hydroxylation is 1. The summed E-state index contributed by atoms with van der Waals surface area (Å²) in [5.74, 6) is -0.455. The number of carbonyl (C=O) groups excluding carboxylic acids is 1. The zero-order chi connectivity index (χ0) is 22.0. The van der Waals surface area contributed by atoms with Crippen LogP contribution in [0.15, 0.2) is 79.0 Å². The Morgan fingerprint density at radius 2 is 1.74 bits per heavy atom. The number of hydrogen-bond donors (Lipinski definition) is 1. The van der Waals surface area contributed by atoms with Crippen LogP contribution >= 0.6 is 23.2 Å². The molecule has 31 heavy (non-hydrogen) atoms. The Hall–Kier alpha value is -3.34. The van der Waals surface area contributed by atoms with Gasteiger partial charge in [-0.15, -0.1) is 0 Å². The topological polar surface area (TPSA) is 55.1 Å². The Bertz CT molecular complexity index is 1280. The summed E-state index contributed by atoms with van der Waals surface area (Å²) in [6.07, 6.45) is 4.95. The average Bonchev–Trinajstić information content (AvgIpc) is 3.20. The van der Waals surface area contributed by atoms with Crippen molar-refractivity contribution < 1.29 is 9.90 Å². The number of ketones is 1. The van der Waals surface area contributed by atoms with Crippen LogP contribution in [0.2, 0.25) is 10.0 Å². The van der Waals surface area contributed by atoms with Gasteiger partial charge >= 0.3 is 0 Å². The third-order valence-corrected chi connectivity index (χ3v) is 5.50. The predicted molar refractivity (Wildman–Crippen MR) is 125 cm³/mol. The molecular formula is C25H18Cl2N2O2. The molecule has 154 valence electrons. The van der Waals surface area contributed by atoms with Gasteiger partial charge in [-0.3, -0.25) is 4.79 Å². The first-order valence-electron chi connectivity index (χ1n) is 9.55. The molecule has 0 saturated heterocycles. The molecule has 4 aromatic rings. The quantitative estimate of drug-likeness (QED) is 0.271. The highest BCUT2D eigenvalue weighted by molar-refractivity contribution is 6.32. The van der Waals surface area contributed by atoms with Crippen LogP contribution in [0.4, 0.5) is 0 Å². The fraction of sp³-hybridized carbons (Fsp3) is 0.0400. The number of carbonyl (C=O) groups is 1. The lowest BCUT2D eigenvalue weighted by Crippen LogP contribution is -1.96. The van der Waals surface area contributed by atoms with Crippen LogP contribution in [0, 0.1) is 6.92 Å². The number of halogens is 2. The summed E-state index contributed by atoms with van der Waals surface area (Å²) in [5.41, 5.74) is 4.07. The van der Waals surface area contributed by atoms with Gasteiger partial charge in [0.05, 0.1) is 16.9 Å². The maximum Gasteiger partial charge on any atom is 0.189 e. The van der Waals surface area contributed by atoms with E-state index in [0.717, 1.165) is 16.8 Å². The van der Waals surface area contributed by atoms with E-state index in [1.807, 2.05) is 48.7 Å². The number of rotatable bonds is 5. The van der Waals surface area contributed by atoms with Crippen molar-refractivity contribution in [3.8, 4) is 22.7 Å². The van der Waals surface area contributed by atoms with E-state index in [1.165, 1.54) is 18.2 Å². The molecule has 0 aliphatic heterocycles. The summed E-state index contributed by atoms with van der Waals surface area (Å²) in [6.45, 7) is 1.77. The van der Waals surface area contributed by atoms with E-state index in [2.05, 4.69) is 0 Å². The molecule has 0 unspecified atom stereocenters. The SMILES string of the molecule is Cc1cc(O)c(C(=O)/C=C/c2cn(-c3ccccc3)nc2-c2ccc(Cl)cc2)cc1Cl. The normalized spacial score (nSPS) is 11.2. The summed E-state index contributed by atoms with van der Waals surface area (Å²) in [4.78, 5) is 12.7. The summed E-state index contributed by atoms with van der Waals surface area (Å²) >= 11 is 12.2. The molecule has 1 N–H and O–H groups in total. The number of phenolic OH excluding ortho intramolecular Hbond substituents is 1. The molecule has 1 aromatic heterocycles. The average molecular weight is 449 g/mol. The Kier molecular flexibility index (Phi) is 5.94. The Morgan fingerprint density at radius 3 is 2.45 bits per heavy atom. The maximum atomic E-state index is 12.7. The molecule has 0 radical (unpaired) electrons. The van der Waals surface area contributed by atoms with Crippen molar-refractivity contribution in [2.24, 2.45) is 0 Å². The minimum atomic E-state index is -0.353. The monoisotopic (exact) mass is 448 g/mol. The number of allylic oxidation sites excluding steroid dienone is 1. The number of hydrogen-bond acceptors (Lipinski definition) is 3. The molecule has 0 spiro atoms. The molecule has 3 aromatic carbocycles. The third-order valence-electron chi connectivity index (χ3n) is 4.84. The number of para-hydroxylation sites is 1. The molecule has 4 rings (SSSR count). The van der Waals surface area contributed by atoms with Gasteiger partial charge in [-0.05, 0) is 61.0 Å². The molecule has 6 heteroatoms. The lowest BCUT2D eigenvalue weighted by molar-refractivity contribution is 0.104. The summed E-state index contributed by atoms with van der Waals surface area (Å²) in [7, 11) is 0. The van der Waals surface area contributed by atoms with Gasteiger partial charge in [-0.1, -0.05) is 53.5 Å². The van der Waals surface area contributed by atoms with Gasteiger partial charge in [0, 0.05) is 27.4 Å². The second kappa shape index (κ2) is 8.80. The first-order chi connectivity index (χ1) is 14.9. The number of aromatic nitrogens is 2. The number of phenols is 1. The lowest BCUT2D eigenvalue weighted by Gasteiger charge is -2.04. The van der Waals surface area contributed by atoms with Crippen molar-refractivity contribution >= 4 is 35.1 Å². The molecule has 0 atom stereocenters. The van der Waals surface area contributed by atoms with Crippen molar-refractivity contribution in [2.75, 3.05) is 0 Å². The van der Waals surface area contributed by atoms with E-state index in [1.54, 1.807) is 29.8 Å². The van der Waals surface area contributed by atoms with E-state index < -0.39 is 0 Å². The van der Waals surface area contributed by atoms with Gasteiger partial charge in [0.15, 0.2) is 5.78 Å². The highest BCUT2D eigenvalue weighted by Gasteiger charge is 2.14. The van der Waals surface area contributed by atoms with Crippen LogP contribution in [0.3, 0.4) is 0 Å². The van der Waals surface area contributed by atoms with Gasteiger partial charge in [0.25, 0.3) is 0 Å². The molecule has 0 aliphatic carbocycles. The van der Waals surface area contributed by atoms with Crippen molar-refractivity contribution in [3.05, 3.63) is 106 Å². The van der Waals surface area contributed by atoms with E-state index in [0.29, 0.717) is 21.3 Å². The van der Waals surface area contributed by atoms with Gasteiger partial charge in [-0.25, -0.2) is 4.68 Å². The van der Waals surface area contributed by atoms with Gasteiger partial charge in [0.1, 0.15) is 5.75 Å². The number of benzene rings is 3. The molecule has 0 amide bonds. The summed E-state index contributed by atoms with van der Waals surface area (Å²) in [6, 6.07) is 20.0. The van der Waals surface area contributed by atoms with Crippen molar-refractivity contribution in [1.29, 1.82) is 0 Å². The smallest absolute Gasteiger partial charge is 0.189 e. The summed E-state index contributed by atoms with van der Waals surface area (Å²) < 4.78 is 1.76. The highest BCUT2D eigenvalue weighted by atomic mass is 35.5. The molecule has 1 heterocycles. The zero-order valence-electron chi connectivity index (χ0n) is 16.6. The Labute approximate surface area is 190 Å². The third kappa shape index (κ3) is 4.55. The van der Waals surface area contributed by atoms with Crippen LogP contribution < -0.4 is 0 Å². The van der Waals surface area contributed by atoms with Gasteiger partial charge in [-0.2, -0.15) is 5.10 Å². The molecule has 0 fully saturated rings. The second-order valence-corrected chi connectivity index (χ2v) is 7.88. The predicted octanol–water partition coefficient (Wildman–Crippen LogP) is 6.76. The van der Waals surface area contributed by atoms with Gasteiger partial charge in [0.2, 0.25) is 0 Å². The standard InChI is InChI=1S/C25H18Cl2N2O2/c1-16-13-24(31)21(14-22(16)27)23(30)12-9-18-15-29(20-5-3-2-4-6-20)28-25(18)17-7-10-19(26)11-8-17/h2-15,31H,1H3/b12-9+. The molecule has 0 saturated carbocycles. The minimum absolute atomic E-state index is 0.102. The van der Waals surface area contributed by atoms with E-state index in [-0.39, 0.29) is 17.1 Å². The highest BCUT2D eigenvalue weighted by Crippen LogP contribution is 2.28. The number of aromatic hydroxyl groups is 1.